The van der Waals surface area contributed by atoms with Crippen molar-refractivity contribution in [2.45, 2.75) is 17.2 Å². The molecule has 0 aromatic heterocycles. The van der Waals surface area contributed by atoms with E-state index < -0.39 is 10.0 Å². The summed E-state index contributed by atoms with van der Waals surface area (Å²) in [5.41, 5.74) is 3.28. The van der Waals surface area contributed by atoms with Crippen LogP contribution >= 0.6 is 11.8 Å². The lowest BCUT2D eigenvalue weighted by Crippen LogP contribution is -2.29. The Kier molecular flexibility index (Phi) is 8.07. The Morgan fingerprint density at radius 2 is 1.44 bits per heavy atom. The van der Waals surface area contributed by atoms with E-state index in [0.717, 1.165) is 17.6 Å². The Morgan fingerprint density at radius 3 is 2.06 bits per heavy atom. The Morgan fingerprint density at radius 1 is 0.833 bits per heavy atom. The molecule has 0 radical (unpaired) electrons. The van der Waals surface area contributed by atoms with Crippen molar-refractivity contribution in [3.8, 4) is 0 Å². The van der Waals surface area contributed by atoms with Gasteiger partial charge in [0.1, 0.15) is 5.82 Å². The predicted octanol–water partition coefficient (Wildman–Crippen LogP) is 6.34. The molecule has 0 atom stereocenters. The molecule has 0 unspecified atom stereocenters. The van der Waals surface area contributed by atoms with Gasteiger partial charge in [-0.05, 0) is 71.8 Å². The van der Waals surface area contributed by atoms with Crippen LogP contribution in [-0.4, -0.2) is 20.6 Å². The van der Waals surface area contributed by atoms with Crippen LogP contribution in [0.5, 0.6) is 0 Å². The molecular weight excluding hydrogens is 495 g/mol. The van der Waals surface area contributed by atoms with E-state index >= 15 is 0 Å². The standard InChI is InChI=1S/C28H25FN2O3S2/c1-36(33,34)31(19-21-7-13-24(29)14-8-21)26-17-11-23(12-18-26)28(32)30-25-15-9-22(10-16-25)20-35-27-5-3-2-4-6-27/h2-18H,19-20H2,1H3,(H,30,32). The maximum atomic E-state index is 13.2. The van der Waals surface area contributed by atoms with Gasteiger partial charge in [-0.25, -0.2) is 12.8 Å². The van der Waals surface area contributed by atoms with Gasteiger partial charge in [-0.3, -0.25) is 9.10 Å². The lowest BCUT2D eigenvalue weighted by molar-refractivity contribution is 0.102. The fourth-order valence-electron chi connectivity index (χ4n) is 3.51. The van der Waals surface area contributed by atoms with Gasteiger partial charge >= 0.3 is 0 Å². The normalized spacial score (nSPS) is 11.2. The number of amides is 1. The lowest BCUT2D eigenvalue weighted by Gasteiger charge is -2.22. The highest BCUT2D eigenvalue weighted by atomic mass is 32.2. The number of halogens is 1. The highest BCUT2D eigenvalue weighted by Crippen LogP contribution is 2.24. The molecule has 4 rings (SSSR count). The van der Waals surface area contributed by atoms with Crippen molar-refractivity contribution in [2.24, 2.45) is 0 Å². The van der Waals surface area contributed by atoms with Crippen molar-refractivity contribution >= 4 is 39.1 Å². The Labute approximate surface area is 215 Å². The summed E-state index contributed by atoms with van der Waals surface area (Å²) in [5.74, 6) is 0.146. The quantitative estimate of drug-likeness (QED) is 0.262. The van der Waals surface area contributed by atoms with E-state index in [2.05, 4.69) is 17.4 Å². The average molecular weight is 521 g/mol. The molecule has 36 heavy (non-hydrogen) atoms. The molecule has 0 saturated carbocycles. The van der Waals surface area contributed by atoms with Crippen LogP contribution in [0.1, 0.15) is 21.5 Å². The van der Waals surface area contributed by atoms with Crippen LogP contribution < -0.4 is 9.62 Å². The van der Waals surface area contributed by atoms with E-state index in [1.807, 2.05) is 42.5 Å². The van der Waals surface area contributed by atoms with Gasteiger partial charge in [-0.2, -0.15) is 0 Å². The first kappa shape index (κ1) is 25.5. The topological polar surface area (TPSA) is 66.5 Å². The molecule has 184 valence electrons. The molecule has 0 heterocycles. The zero-order valence-corrected chi connectivity index (χ0v) is 21.2. The van der Waals surface area contributed by atoms with Gasteiger partial charge in [0.15, 0.2) is 0 Å². The largest absolute Gasteiger partial charge is 0.322 e. The molecule has 0 bridgehead atoms. The van der Waals surface area contributed by atoms with Crippen molar-refractivity contribution in [1.82, 2.24) is 0 Å². The SMILES string of the molecule is CS(=O)(=O)N(Cc1ccc(F)cc1)c1ccc(C(=O)Nc2ccc(CSc3ccccc3)cc2)cc1. The number of carbonyl (C=O) groups excluding carboxylic acids is 1. The number of hydrogen-bond acceptors (Lipinski definition) is 4. The van der Waals surface area contributed by atoms with Crippen LogP contribution in [0.15, 0.2) is 108 Å². The minimum Gasteiger partial charge on any atom is -0.322 e. The highest BCUT2D eigenvalue weighted by molar-refractivity contribution is 7.98. The van der Waals surface area contributed by atoms with E-state index in [1.54, 1.807) is 48.2 Å². The van der Waals surface area contributed by atoms with Crippen LogP contribution in [0.3, 0.4) is 0 Å². The Balaban J connectivity index is 1.39. The van der Waals surface area contributed by atoms with Gasteiger partial charge in [-0.15, -0.1) is 11.8 Å². The van der Waals surface area contributed by atoms with Crippen molar-refractivity contribution in [1.29, 1.82) is 0 Å². The van der Waals surface area contributed by atoms with Gasteiger partial charge in [-0.1, -0.05) is 42.5 Å². The summed E-state index contributed by atoms with van der Waals surface area (Å²) in [7, 11) is -3.60. The first-order chi connectivity index (χ1) is 17.3. The average Bonchev–Trinajstić information content (AvgIpc) is 2.88. The summed E-state index contributed by atoms with van der Waals surface area (Å²) >= 11 is 1.75. The zero-order chi connectivity index (χ0) is 25.5. The van der Waals surface area contributed by atoms with Crippen LogP contribution in [0, 0.1) is 5.82 Å². The Bertz CT molecular complexity index is 1410. The summed E-state index contributed by atoms with van der Waals surface area (Å²) < 4.78 is 39.2. The summed E-state index contributed by atoms with van der Waals surface area (Å²) in [4.78, 5) is 13.9. The number of anilines is 2. The minimum absolute atomic E-state index is 0.0551. The molecule has 1 amide bonds. The van der Waals surface area contributed by atoms with E-state index in [4.69, 9.17) is 0 Å². The maximum absolute atomic E-state index is 13.2. The lowest BCUT2D eigenvalue weighted by atomic mass is 10.1. The molecule has 0 spiro atoms. The zero-order valence-electron chi connectivity index (χ0n) is 19.6. The van der Waals surface area contributed by atoms with Crippen LogP contribution in [0.25, 0.3) is 0 Å². The van der Waals surface area contributed by atoms with Crippen LogP contribution in [0.4, 0.5) is 15.8 Å². The summed E-state index contributed by atoms with van der Waals surface area (Å²) in [6.07, 6.45) is 1.11. The number of benzene rings is 4. The van der Waals surface area contributed by atoms with Gasteiger partial charge in [0, 0.05) is 21.9 Å². The fourth-order valence-corrected chi connectivity index (χ4v) is 5.27. The second-order valence-corrected chi connectivity index (χ2v) is 11.2. The van der Waals surface area contributed by atoms with Crippen LogP contribution in [-0.2, 0) is 22.3 Å². The van der Waals surface area contributed by atoms with E-state index in [-0.39, 0.29) is 18.3 Å². The summed E-state index contributed by atoms with van der Waals surface area (Å²) in [5, 5.41) is 2.87. The molecule has 0 aliphatic rings. The number of thioether (sulfide) groups is 1. The third-order valence-electron chi connectivity index (χ3n) is 5.42. The third-order valence-corrected chi connectivity index (χ3v) is 7.64. The molecule has 4 aromatic carbocycles. The molecule has 0 aliphatic carbocycles. The second kappa shape index (κ2) is 11.4. The first-order valence-corrected chi connectivity index (χ1v) is 14.0. The number of carbonyl (C=O) groups is 1. The first-order valence-electron chi connectivity index (χ1n) is 11.2. The second-order valence-electron chi connectivity index (χ2n) is 8.20. The molecule has 4 aromatic rings. The summed E-state index contributed by atoms with van der Waals surface area (Å²) in [6, 6.07) is 29.8. The molecule has 0 saturated heterocycles. The number of rotatable bonds is 9. The van der Waals surface area contributed by atoms with Crippen molar-refractivity contribution in [2.75, 3.05) is 15.9 Å². The number of nitrogens with one attached hydrogen (secondary N) is 1. The highest BCUT2D eigenvalue weighted by Gasteiger charge is 2.18. The Hall–Kier alpha value is -3.62. The van der Waals surface area contributed by atoms with Crippen LogP contribution in [0.2, 0.25) is 0 Å². The summed E-state index contributed by atoms with van der Waals surface area (Å²) in [6.45, 7) is 0.0551. The molecule has 1 N–H and O–H groups in total. The maximum Gasteiger partial charge on any atom is 0.255 e. The molecule has 5 nitrogen and oxygen atoms in total. The van der Waals surface area contributed by atoms with Crippen molar-refractivity contribution < 1.29 is 17.6 Å². The minimum atomic E-state index is -3.60. The van der Waals surface area contributed by atoms with Crippen molar-refractivity contribution in [3.05, 3.63) is 126 Å². The predicted molar refractivity (Wildman–Crippen MR) is 144 cm³/mol. The van der Waals surface area contributed by atoms with Gasteiger partial charge < -0.3 is 5.32 Å². The fraction of sp³-hybridized carbons (Fsp3) is 0.107. The number of sulfonamides is 1. The van der Waals surface area contributed by atoms with Gasteiger partial charge in [0.25, 0.3) is 5.91 Å². The molecule has 8 heteroatoms. The van der Waals surface area contributed by atoms with Gasteiger partial charge in [0.2, 0.25) is 10.0 Å². The van der Waals surface area contributed by atoms with E-state index in [1.165, 1.54) is 21.3 Å². The smallest absolute Gasteiger partial charge is 0.255 e. The monoisotopic (exact) mass is 520 g/mol. The molecular formula is C28H25FN2O3S2. The van der Waals surface area contributed by atoms with Gasteiger partial charge in [0.05, 0.1) is 18.5 Å². The number of nitrogens with zero attached hydrogens (tertiary/aromatic N) is 1. The third kappa shape index (κ3) is 6.96. The van der Waals surface area contributed by atoms with E-state index in [9.17, 15) is 17.6 Å². The number of hydrogen-bond donors (Lipinski definition) is 1. The molecule has 0 aliphatic heterocycles. The van der Waals surface area contributed by atoms with Crippen molar-refractivity contribution in [3.63, 3.8) is 0 Å². The van der Waals surface area contributed by atoms with E-state index in [0.29, 0.717) is 22.5 Å². The molecule has 0 fully saturated rings.